The van der Waals surface area contributed by atoms with Gasteiger partial charge in [0.15, 0.2) is 5.16 Å². The third-order valence-corrected chi connectivity index (χ3v) is 8.67. The number of ether oxygens (including phenoxy) is 1. The van der Waals surface area contributed by atoms with Crippen molar-refractivity contribution in [1.82, 2.24) is 14.5 Å². The van der Waals surface area contributed by atoms with Crippen LogP contribution in [0.3, 0.4) is 0 Å². The number of imidazole rings is 1. The minimum absolute atomic E-state index is 0.218. The highest BCUT2D eigenvalue weighted by Crippen LogP contribution is 2.39. The molecule has 4 aromatic rings. The van der Waals surface area contributed by atoms with Crippen LogP contribution in [0.4, 0.5) is 20.3 Å². The number of thioether (sulfide) groups is 1. The summed E-state index contributed by atoms with van der Waals surface area (Å²) in [5.74, 6) is -2.74. The summed E-state index contributed by atoms with van der Waals surface area (Å²) in [4.78, 5) is 34.0. The highest BCUT2D eigenvalue weighted by atomic mass is 32.2. The van der Waals surface area contributed by atoms with Gasteiger partial charge in [0.1, 0.15) is 29.7 Å². The van der Waals surface area contributed by atoms with Gasteiger partial charge in [0.2, 0.25) is 5.91 Å². The topological polar surface area (TPSA) is 98.1 Å². The van der Waals surface area contributed by atoms with Crippen LogP contribution in [0, 0.1) is 11.6 Å². The van der Waals surface area contributed by atoms with Crippen molar-refractivity contribution in [2.24, 2.45) is 0 Å². The molecule has 2 amide bonds. The van der Waals surface area contributed by atoms with Crippen LogP contribution < -0.4 is 10.6 Å². The Morgan fingerprint density at radius 1 is 1.02 bits per heavy atom. The Hall–Kier alpha value is -3.87. The lowest BCUT2D eigenvalue weighted by atomic mass is 10.0. The molecule has 2 aromatic carbocycles. The van der Waals surface area contributed by atoms with E-state index in [1.807, 2.05) is 10.8 Å². The van der Waals surface area contributed by atoms with E-state index in [1.165, 1.54) is 24.8 Å². The molecular weight excluding hydrogens is 577 g/mol. The molecule has 0 radical (unpaired) electrons. The molecule has 0 bridgehead atoms. The smallest absolute Gasteiger partial charge is 0.261 e. The molecule has 0 aliphatic rings. The second kappa shape index (κ2) is 13.4. The fraction of sp³-hybridized carbons (Fsp3) is 0.267. The van der Waals surface area contributed by atoms with Crippen molar-refractivity contribution < 1.29 is 23.1 Å². The number of amides is 2. The van der Waals surface area contributed by atoms with Gasteiger partial charge in [0.05, 0.1) is 17.1 Å². The minimum atomic E-state index is -1.32. The number of hydrogen-bond acceptors (Lipinski definition) is 6. The number of hydrogen-bond donors (Lipinski definition) is 2. The van der Waals surface area contributed by atoms with Gasteiger partial charge in [-0.3, -0.25) is 14.2 Å². The van der Waals surface area contributed by atoms with Gasteiger partial charge in [-0.15, -0.1) is 0 Å². The third kappa shape index (κ3) is 7.49. The number of para-hydroxylation sites is 1. The first-order valence-electron chi connectivity index (χ1n) is 13.3. The first kappa shape index (κ1) is 31.1. The Morgan fingerprint density at radius 2 is 1.74 bits per heavy atom. The summed E-state index contributed by atoms with van der Waals surface area (Å²) >= 11 is 1.43. The predicted molar refractivity (Wildman–Crippen MR) is 165 cm³/mol. The molecule has 220 valence electrons. The molecule has 2 aromatic heterocycles. The molecule has 0 spiro atoms. The van der Waals surface area contributed by atoms with E-state index < -0.39 is 31.2 Å². The summed E-state index contributed by atoms with van der Waals surface area (Å²) in [6.07, 6.45) is 3.49. The van der Waals surface area contributed by atoms with Crippen LogP contribution in [0.2, 0.25) is 25.7 Å². The number of benzene rings is 2. The molecule has 0 saturated heterocycles. The van der Waals surface area contributed by atoms with E-state index in [1.54, 1.807) is 42.6 Å². The van der Waals surface area contributed by atoms with Crippen LogP contribution in [0.5, 0.6) is 0 Å². The number of pyridine rings is 1. The number of carbonyl (C=O) groups is 2. The van der Waals surface area contributed by atoms with Crippen molar-refractivity contribution in [3.05, 3.63) is 78.0 Å². The van der Waals surface area contributed by atoms with E-state index in [2.05, 4.69) is 35.3 Å². The lowest BCUT2D eigenvalue weighted by molar-refractivity contribution is -0.114. The third-order valence-electron chi connectivity index (χ3n) is 6.29. The fourth-order valence-electron chi connectivity index (χ4n) is 4.25. The zero-order valence-corrected chi connectivity index (χ0v) is 25.9. The number of rotatable bonds is 11. The molecule has 0 unspecified atom stereocenters. The summed E-state index contributed by atoms with van der Waals surface area (Å²) in [5, 5.41) is 6.04. The minimum Gasteiger partial charge on any atom is -0.361 e. The quantitative estimate of drug-likeness (QED) is 0.107. The monoisotopic (exact) mass is 609 g/mol. The molecule has 0 saturated carbocycles. The zero-order chi connectivity index (χ0) is 30.4. The molecular formula is C30H33F2N5O3SSi. The molecule has 0 atom stereocenters. The van der Waals surface area contributed by atoms with Crippen LogP contribution >= 0.6 is 11.8 Å². The number of anilines is 2. The van der Waals surface area contributed by atoms with Gasteiger partial charge in [0, 0.05) is 38.9 Å². The molecule has 12 heteroatoms. The second-order valence-electron chi connectivity index (χ2n) is 10.8. The van der Waals surface area contributed by atoms with Crippen molar-refractivity contribution in [2.45, 2.75) is 44.5 Å². The molecule has 42 heavy (non-hydrogen) atoms. The molecule has 0 fully saturated rings. The molecule has 0 aliphatic carbocycles. The lowest BCUT2D eigenvalue weighted by Crippen LogP contribution is -2.22. The van der Waals surface area contributed by atoms with E-state index in [-0.39, 0.29) is 12.6 Å². The second-order valence-corrected chi connectivity index (χ2v) is 17.2. The van der Waals surface area contributed by atoms with Gasteiger partial charge in [-0.1, -0.05) is 55.7 Å². The van der Waals surface area contributed by atoms with Gasteiger partial charge in [0.25, 0.3) is 5.91 Å². The van der Waals surface area contributed by atoms with Crippen molar-refractivity contribution in [2.75, 3.05) is 23.5 Å². The van der Waals surface area contributed by atoms with Gasteiger partial charge in [-0.05, 0) is 42.6 Å². The van der Waals surface area contributed by atoms with Crippen LogP contribution in [0.1, 0.15) is 17.3 Å². The first-order valence-corrected chi connectivity index (χ1v) is 18.2. The number of aromatic nitrogens is 3. The largest absolute Gasteiger partial charge is 0.361 e. The highest BCUT2D eigenvalue weighted by Gasteiger charge is 2.24. The van der Waals surface area contributed by atoms with Crippen LogP contribution in [0.25, 0.3) is 22.5 Å². The number of halogens is 2. The summed E-state index contributed by atoms with van der Waals surface area (Å²) in [6, 6.07) is 14.7. The summed E-state index contributed by atoms with van der Waals surface area (Å²) < 4.78 is 36.9. The maximum atomic E-state index is 14.4. The zero-order valence-electron chi connectivity index (χ0n) is 24.1. The summed E-state index contributed by atoms with van der Waals surface area (Å²) in [7, 11) is -1.32. The maximum absolute atomic E-state index is 14.4. The predicted octanol–water partition coefficient (Wildman–Crippen LogP) is 7.14. The van der Waals surface area contributed by atoms with E-state index in [0.29, 0.717) is 45.8 Å². The Balaban J connectivity index is 1.83. The van der Waals surface area contributed by atoms with Crippen LogP contribution in [-0.4, -0.2) is 47.3 Å². The fourth-order valence-corrected chi connectivity index (χ4v) is 5.55. The van der Waals surface area contributed by atoms with Gasteiger partial charge in [-0.2, -0.15) is 0 Å². The average molecular weight is 610 g/mol. The summed E-state index contributed by atoms with van der Waals surface area (Å²) in [5.41, 5.74) is 2.06. The SMILES string of the molecule is CSc1nc(-c2ccccc2NC(=O)c2c(F)cccc2F)c(-c2ccnc(NC(C)=O)c2)n1COCC[Si](C)(C)C. The van der Waals surface area contributed by atoms with Gasteiger partial charge < -0.3 is 15.4 Å². The Bertz CT molecular complexity index is 1590. The van der Waals surface area contributed by atoms with E-state index in [4.69, 9.17) is 9.72 Å². The Kier molecular flexibility index (Phi) is 9.92. The van der Waals surface area contributed by atoms with Crippen molar-refractivity contribution in [3.8, 4) is 22.5 Å². The number of nitrogens with one attached hydrogen (secondary N) is 2. The maximum Gasteiger partial charge on any atom is 0.261 e. The van der Waals surface area contributed by atoms with E-state index >= 15 is 0 Å². The molecule has 2 N–H and O–H groups in total. The Labute approximate surface area is 248 Å². The van der Waals surface area contributed by atoms with Crippen molar-refractivity contribution >= 4 is 43.2 Å². The summed E-state index contributed by atoms with van der Waals surface area (Å²) in [6.45, 7) is 9.05. The van der Waals surface area contributed by atoms with Crippen LogP contribution in [-0.2, 0) is 16.3 Å². The van der Waals surface area contributed by atoms with Crippen LogP contribution in [0.15, 0.2) is 66.0 Å². The first-order chi connectivity index (χ1) is 20.0. The lowest BCUT2D eigenvalue weighted by Gasteiger charge is -2.18. The van der Waals surface area contributed by atoms with E-state index in [9.17, 15) is 18.4 Å². The normalized spacial score (nSPS) is 11.4. The molecule has 0 aliphatic heterocycles. The number of nitrogens with zero attached hydrogens (tertiary/aromatic N) is 3. The molecule has 4 rings (SSSR count). The molecule has 2 heterocycles. The number of carbonyl (C=O) groups excluding carboxylic acids is 2. The molecule has 8 nitrogen and oxygen atoms in total. The van der Waals surface area contributed by atoms with Crippen molar-refractivity contribution in [1.29, 1.82) is 0 Å². The van der Waals surface area contributed by atoms with E-state index in [0.717, 1.165) is 18.2 Å². The standard InChI is InChI=1S/C30H33F2N5O3SSi/c1-19(38)34-25-17-20(13-14-33-25)28-27(36-30(41-2)37(28)18-40-15-16-42(3,4)5)21-9-6-7-12-24(21)35-29(39)26-22(31)10-8-11-23(26)32/h6-14,17H,15-16,18H2,1-5H3,(H,35,39)(H,33,34,38). The Morgan fingerprint density at radius 3 is 2.40 bits per heavy atom. The highest BCUT2D eigenvalue weighted by molar-refractivity contribution is 7.98. The van der Waals surface area contributed by atoms with Gasteiger partial charge >= 0.3 is 0 Å². The van der Waals surface area contributed by atoms with Crippen molar-refractivity contribution in [3.63, 3.8) is 0 Å². The van der Waals surface area contributed by atoms with Gasteiger partial charge in [-0.25, -0.2) is 18.7 Å². The average Bonchev–Trinajstić information content (AvgIpc) is 3.29.